The molecule has 0 unspecified atom stereocenters. The van der Waals surface area contributed by atoms with E-state index >= 15 is 0 Å². The number of carbonyl (C=O) groups is 3. The number of alkyl halides is 1. The van der Waals surface area contributed by atoms with Gasteiger partial charge in [0.05, 0.1) is 6.54 Å². The highest BCUT2D eigenvalue weighted by atomic mass is 79.9. The highest BCUT2D eigenvalue weighted by molar-refractivity contribution is 9.10. The van der Waals surface area contributed by atoms with Crippen molar-refractivity contribution in [3.05, 3.63) is 70.1 Å². The first-order valence-corrected chi connectivity index (χ1v) is 12.7. The number of rotatable bonds is 7. The molecule has 0 spiro atoms. The number of anilines is 1. The van der Waals surface area contributed by atoms with Crippen molar-refractivity contribution in [1.29, 1.82) is 0 Å². The number of nitrogens with zero attached hydrogens (tertiary/aromatic N) is 6. The van der Waals surface area contributed by atoms with Crippen molar-refractivity contribution in [3.8, 4) is 11.1 Å². The van der Waals surface area contributed by atoms with Crippen LogP contribution in [0.1, 0.15) is 23.7 Å². The van der Waals surface area contributed by atoms with E-state index in [9.17, 15) is 23.7 Å². The number of benzene rings is 1. The topological polar surface area (TPSA) is 140 Å². The van der Waals surface area contributed by atoms with E-state index < -0.39 is 24.0 Å². The predicted molar refractivity (Wildman–Crippen MR) is 144 cm³/mol. The van der Waals surface area contributed by atoms with Crippen LogP contribution >= 0.6 is 15.9 Å². The summed E-state index contributed by atoms with van der Waals surface area (Å²) in [7, 11) is 0. The van der Waals surface area contributed by atoms with Crippen LogP contribution in [0, 0.1) is 4.91 Å². The van der Waals surface area contributed by atoms with E-state index in [1.165, 1.54) is 24.2 Å². The molecule has 1 aliphatic heterocycles. The summed E-state index contributed by atoms with van der Waals surface area (Å²) in [5, 5.41) is 5.94. The molecular formula is C26H21BrFN7O4. The predicted octanol–water partition coefficient (Wildman–Crippen LogP) is 4.43. The molecule has 198 valence electrons. The molecule has 1 aliphatic rings. The van der Waals surface area contributed by atoms with Crippen LogP contribution in [0.15, 0.2) is 64.8 Å². The van der Waals surface area contributed by atoms with Crippen LogP contribution in [0.5, 0.6) is 0 Å². The molecule has 1 N–H and O–H groups in total. The highest BCUT2D eigenvalue weighted by Crippen LogP contribution is 2.29. The Morgan fingerprint density at radius 1 is 1.15 bits per heavy atom. The Bertz CT molecular complexity index is 1610. The Morgan fingerprint density at radius 2 is 1.92 bits per heavy atom. The van der Waals surface area contributed by atoms with Gasteiger partial charge in [0.1, 0.15) is 29.2 Å². The second-order valence-corrected chi connectivity index (χ2v) is 9.86. The summed E-state index contributed by atoms with van der Waals surface area (Å²) in [5.74, 6) is -1.10. The lowest BCUT2D eigenvalue weighted by atomic mass is 10.0. The molecule has 2 amide bonds. The number of carbonyl (C=O) groups excluding carboxylic acids is 3. The molecule has 0 aliphatic carbocycles. The van der Waals surface area contributed by atoms with Crippen molar-refractivity contribution in [3.63, 3.8) is 0 Å². The number of ketones is 1. The van der Waals surface area contributed by atoms with Gasteiger partial charge < -0.3 is 14.8 Å². The van der Waals surface area contributed by atoms with Crippen molar-refractivity contribution in [2.45, 2.75) is 32.1 Å². The molecule has 0 radical (unpaired) electrons. The number of hydrogen-bond donors (Lipinski definition) is 1. The van der Waals surface area contributed by atoms with Gasteiger partial charge in [-0.05, 0) is 52.7 Å². The molecule has 13 heteroatoms. The maximum absolute atomic E-state index is 14.4. The molecule has 39 heavy (non-hydrogen) atoms. The fourth-order valence-corrected chi connectivity index (χ4v) is 4.98. The molecule has 0 bridgehead atoms. The third-order valence-electron chi connectivity index (χ3n) is 6.46. The zero-order valence-corrected chi connectivity index (χ0v) is 22.1. The number of aromatic nitrogens is 4. The molecule has 3 aromatic heterocycles. The second kappa shape index (κ2) is 10.8. The number of nitrogens with one attached hydrogen (secondary N) is 1. The lowest BCUT2D eigenvalue weighted by Crippen LogP contribution is -2.44. The largest absolute Gasteiger partial charge is 0.337 e. The molecule has 11 nitrogen and oxygen atoms in total. The van der Waals surface area contributed by atoms with Gasteiger partial charge in [-0.2, -0.15) is 0 Å². The smallest absolute Gasteiger partial charge is 0.290 e. The first kappa shape index (κ1) is 26.2. The van der Waals surface area contributed by atoms with E-state index in [0.717, 1.165) is 0 Å². The number of likely N-dealkylation sites (tertiary alicyclic amines) is 1. The number of amides is 2. The van der Waals surface area contributed by atoms with Crippen molar-refractivity contribution < 1.29 is 18.8 Å². The molecule has 2 atom stereocenters. The van der Waals surface area contributed by atoms with Crippen molar-refractivity contribution >= 4 is 56.2 Å². The molecule has 4 heterocycles. The first-order chi connectivity index (χ1) is 18.7. The lowest BCUT2D eigenvalue weighted by molar-refractivity contribution is -0.137. The van der Waals surface area contributed by atoms with E-state index in [1.54, 1.807) is 47.2 Å². The Labute approximate surface area is 229 Å². The Morgan fingerprint density at radius 3 is 2.62 bits per heavy atom. The van der Waals surface area contributed by atoms with Crippen LogP contribution < -0.4 is 5.32 Å². The van der Waals surface area contributed by atoms with Crippen LogP contribution in [0.2, 0.25) is 0 Å². The number of pyridine rings is 1. The van der Waals surface area contributed by atoms with Crippen LogP contribution in [0.3, 0.4) is 0 Å². The third kappa shape index (κ3) is 5.43. The molecule has 1 aromatic carbocycles. The number of Topliss-reactive ketones (excluding diaryl/α,β-unsaturated/α-hetero) is 1. The van der Waals surface area contributed by atoms with Gasteiger partial charge in [-0.15, -0.1) is 4.91 Å². The van der Waals surface area contributed by atoms with Crippen LogP contribution in [0.25, 0.3) is 22.0 Å². The van der Waals surface area contributed by atoms with Gasteiger partial charge in [-0.3, -0.25) is 14.4 Å². The minimum Gasteiger partial charge on any atom is -0.337 e. The van der Waals surface area contributed by atoms with Gasteiger partial charge in [-0.25, -0.2) is 19.3 Å². The maximum Gasteiger partial charge on any atom is 0.290 e. The summed E-state index contributed by atoms with van der Waals surface area (Å²) < 4.78 is 16.6. The van der Waals surface area contributed by atoms with Crippen LogP contribution in [-0.2, 0) is 16.1 Å². The van der Waals surface area contributed by atoms with Crippen LogP contribution in [-0.4, -0.2) is 60.8 Å². The SMILES string of the molecule is CC(=O)c1cn(CC(=O)N2C[C@H](F)C[C@H]2C(=O)Nc2cccc(Br)n2)c2ccc(-c3cnc(N=O)nc3)cc12. The number of fused-ring (bicyclic) bond motifs is 1. The van der Waals surface area contributed by atoms with E-state index in [-0.39, 0.29) is 37.1 Å². The summed E-state index contributed by atoms with van der Waals surface area (Å²) in [5.41, 5.74) is 2.32. The van der Waals surface area contributed by atoms with E-state index in [1.807, 2.05) is 0 Å². The summed E-state index contributed by atoms with van der Waals surface area (Å²) in [4.78, 5) is 62.5. The fraction of sp³-hybridized carbons (Fsp3) is 0.231. The van der Waals surface area contributed by atoms with E-state index in [4.69, 9.17) is 0 Å². The minimum atomic E-state index is -1.35. The van der Waals surface area contributed by atoms with Crippen molar-refractivity contribution in [2.24, 2.45) is 5.18 Å². The molecule has 4 aromatic rings. The Balaban J connectivity index is 1.41. The molecule has 0 saturated carbocycles. The molecular weight excluding hydrogens is 573 g/mol. The maximum atomic E-state index is 14.4. The minimum absolute atomic E-state index is 0.124. The van der Waals surface area contributed by atoms with E-state index in [0.29, 0.717) is 32.2 Å². The number of hydrogen-bond acceptors (Lipinski definition) is 8. The second-order valence-electron chi connectivity index (χ2n) is 9.05. The van der Waals surface area contributed by atoms with Gasteiger partial charge >= 0.3 is 0 Å². The number of nitroso groups, excluding NO2 is 1. The van der Waals surface area contributed by atoms with Gasteiger partial charge in [0, 0.05) is 52.2 Å². The van der Waals surface area contributed by atoms with Crippen molar-refractivity contribution in [1.82, 2.24) is 24.4 Å². The summed E-state index contributed by atoms with van der Waals surface area (Å²) in [6.07, 6.45) is 3.01. The molecule has 1 saturated heterocycles. The van der Waals surface area contributed by atoms with Gasteiger partial charge in [0.25, 0.3) is 5.95 Å². The summed E-state index contributed by atoms with van der Waals surface area (Å²) in [6.45, 7) is 1.01. The molecule has 1 fully saturated rings. The van der Waals surface area contributed by atoms with Gasteiger partial charge in [0.2, 0.25) is 11.8 Å². The normalized spacial score (nSPS) is 16.8. The average molecular weight is 594 g/mol. The zero-order chi connectivity index (χ0) is 27.7. The Hall–Kier alpha value is -4.39. The summed E-state index contributed by atoms with van der Waals surface area (Å²) >= 11 is 3.24. The van der Waals surface area contributed by atoms with Gasteiger partial charge in [0.15, 0.2) is 5.78 Å². The lowest BCUT2D eigenvalue weighted by Gasteiger charge is -2.24. The standard InChI is InChI=1S/C26H21BrFN7O4/c1-14(36)19-12-34(20-6-5-15(7-18(19)20)16-9-29-26(33-39)30-10-16)13-24(37)35-11-17(28)8-21(35)25(38)32-23-4-2-3-22(27)31-23/h2-7,9-10,12,17,21H,8,11,13H2,1H3,(H,31,32,38)/t17-,21+/m1/s1. The van der Waals surface area contributed by atoms with Crippen molar-refractivity contribution in [2.75, 3.05) is 11.9 Å². The number of halogens is 2. The first-order valence-electron chi connectivity index (χ1n) is 11.9. The highest BCUT2D eigenvalue weighted by Gasteiger charge is 2.40. The monoisotopic (exact) mass is 593 g/mol. The van der Waals surface area contributed by atoms with Gasteiger partial charge in [-0.1, -0.05) is 12.1 Å². The Kier molecular flexibility index (Phi) is 7.24. The van der Waals surface area contributed by atoms with E-state index in [2.05, 4.69) is 41.4 Å². The molecule has 5 rings (SSSR count). The quantitative estimate of drug-likeness (QED) is 0.190. The average Bonchev–Trinajstić information content (AvgIpc) is 3.49. The zero-order valence-electron chi connectivity index (χ0n) is 20.5. The fourth-order valence-electron chi connectivity index (χ4n) is 4.64. The van der Waals surface area contributed by atoms with Crippen LogP contribution in [0.4, 0.5) is 16.2 Å². The third-order valence-corrected chi connectivity index (χ3v) is 6.90. The summed E-state index contributed by atoms with van der Waals surface area (Å²) in [6, 6.07) is 9.29.